The molecule has 0 radical (unpaired) electrons. The minimum absolute atomic E-state index is 0.401. The SMILES string of the molecule is C=CN[C@@H](Cc1ccc(Cl)cc1)C(=O)O. The summed E-state index contributed by atoms with van der Waals surface area (Å²) in [4.78, 5) is 10.8. The van der Waals surface area contributed by atoms with Gasteiger partial charge in [-0.2, -0.15) is 0 Å². The molecule has 1 atom stereocenters. The van der Waals surface area contributed by atoms with Gasteiger partial charge in [0.15, 0.2) is 0 Å². The third-order valence-electron chi connectivity index (χ3n) is 1.97. The molecular weight excluding hydrogens is 214 g/mol. The number of benzene rings is 1. The Balaban J connectivity index is 2.69. The summed E-state index contributed by atoms with van der Waals surface area (Å²) < 4.78 is 0. The van der Waals surface area contributed by atoms with Gasteiger partial charge >= 0.3 is 5.97 Å². The Bertz CT molecular complexity index is 348. The second-order valence-electron chi connectivity index (χ2n) is 3.09. The number of halogens is 1. The second-order valence-corrected chi connectivity index (χ2v) is 3.53. The van der Waals surface area contributed by atoms with Crippen molar-refractivity contribution >= 4 is 17.6 Å². The molecule has 0 amide bonds. The minimum atomic E-state index is -0.898. The summed E-state index contributed by atoms with van der Waals surface area (Å²) in [5.74, 6) is -0.898. The van der Waals surface area contributed by atoms with Gasteiger partial charge in [-0.15, -0.1) is 0 Å². The zero-order valence-corrected chi connectivity index (χ0v) is 8.87. The normalized spacial score (nSPS) is 11.8. The summed E-state index contributed by atoms with van der Waals surface area (Å²) in [7, 11) is 0. The fraction of sp³-hybridized carbons (Fsp3) is 0.182. The van der Waals surface area contributed by atoms with Gasteiger partial charge in [-0.1, -0.05) is 30.3 Å². The fourth-order valence-electron chi connectivity index (χ4n) is 1.22. The highest BCUT2D eigenvalue weighted by molar-refractivity contribution is 6.30. The van der Waals surface area contributed by atoms with E-state index in [1.54, 1.807) is 12.1 Å². The molecule has 0 aliphatic rings. The first-order chi connectivity index (χ1) is 7.13. The van der Waals surface area contributed by atoms with Crippen molar-refractivity contribution in [2.75, 3.05) is 0 Å². The number of carboxylic acids is 1. The third-order valence-corrected chi connectivity index (χ3v) is 2.22. The molecular formula is C11H12ClNO2. The molecule has 0 unspecified atom stereocenters. The molecule has 1 aromatic rings. The standard InChI is InChI=1S/C11H12ClNO2/c1-2-13-10(11(14)15)7-8-3-5-9(12)6-4-8/h2-6,10,13H,1,7H2,(H,14,15)/t10-/m0/s1. The van der Waals surface area contributed by atoms with Crippen LogP contribution in [0.15, 0.2) is 37.0 Å². The van der Waals surface area contributed by atoms with Crippen LogP contribution >= 0.6 is 11.6 Å². The van der Waals surface area contributed by atoms with Gasteiger partial charge in [0.25, 0.3) is 0 Å². The van der Waals surface area contributed by atoms with Gasteiger partial charge in [-0.3, -0.25) is 0 Å². The van der Waals surface area contributed by atoms with Crippen LogP contribution in [0.5, 0.6) is 0 Å². The number of aliphatic carboxylic acids is 1. The van der Waals surface area contributed by atoms with Gasteiger partial charge in [-0.05, 0) is 23.9 Å². The molecule has 1 aromatic carbocycles. The van der Waals surface area contributed by atoms with E-state index < -0.39 is 12.0 Å². The largest absolute Gasteiger partial charge is 0.480 e. The van der Waals surface area contributed by atoms with Gasteiger partial charge < -0.3 is 10.4 Å². The smallest absolute Gasteiger partial charge is 0.326 e. The van der Waals surface area contributed by atoms with Crippen LogP contribution in [0.1, 0.15) is 5.56 Å². The van der Waals surface area contributed by atoms with Gasteiger partial charge in [0.1, 0.15) is 6.04 Å². The van der Waals surface area contributed by atoms with E-state index in [2.05, 4.69) is 11.9 Å². The monoisotopic (exact) mass is 225 g/mol. The second kappa shape index (κ2) is 5.41. The van der Waals surface area contributed by atoms with Crippen molar-refractivity contribution in [2.45, 2.75) is 12.5 Å². The Kier molecular flexibility index (Phi) is 4.18. The maximum absolute atomic E-state index is 10.8. The summed E-state index contributed by atoms with van der Waals surface area (Å²) >= 11 is 5.72. The first kappa shape index (κ1) is 11.6. The molecule has 0 aliphatic heterocycles. The highest BCUT2D eigenvalue weighted by atomic mass is 35.5. The maximum atomic E-state index is 10.8. The average Bonchev–Trinajstić information content (AvgIpc) is 2.20. The van der Waals surface area contributed by atoms with E-state index >= 15 is 0 Å². The topological polar surface area (TPSA) is 49.3 Å². The predicted molar refractivity (Wildman–Crippen MR) is 59.9 cm³/mol. The summed E-state index contributed by atoms with van der Waals surface area (Å²) in [5.41, 5.74) is 0.918. The lowest BCUT2D eigenvalue weighted by molar-refractivity contribution is -0.139. The predicted octanol–water partition coefficient (Wildman–Crippen LogP) is 2.07. The fourth-order valence-corrected chi connectivity index (χ4v) is 1.34. The summed E-state index contributed by atoms with van der Waals surface area (Å²) in [6, 6.07) is 6.45. The van der Waals surface area contributed by atoms with E-state index in [0.29, 0.717) is 11.4 Å². The Morgan fingerprint density at radius 2 is 2.13 bits per heavy atom. The number of carbonyl (C=O) groups is 1. The third kappa shape index (κ3) is 3.64. The minimum Gasteiger partial charge on any atom is -0.480 e. The van der Waals surface area contributed by atoms with Crippen molar-refractivity contribution < 1.29 is 9.90 Å². The van der Waals surface area contributed by atoms with Crippen molar-refractivity contribution in [1.82, 2.24) is 5.32 Å². The number of carboxylic acid groups (broad SMARTS) is 1. The van der Waals surface area contributed by atoms with Crippen molar-refractivity contribution in [3.05, 3.63) is 47.6 Å². The van der Waals surface area contributed by atoms with E-state index in [1.165, 1.54) is 6.20 Å². The first-order valence-electron chi connectivity index (χ1n) is 4.47. The highest BCUT2D eigenvalue weighted by Crippen LogP contribution is 2.11. The average molecular weight is 226 g/mol. The number of rotatable bonds is 5. The van der Waals surface area contributed by atoms with E-state index in [4.69, 9.17) is 16.7 Å². The molecule has 15 heavy (non-hydrogen) atoms. The van der Waals surface area contributed by atoms with Crippen molar-refractivity contribution in [3.63, 3.8) is 0 Å². The lowest BCUT2D eigenvalue weighted by Gasteiger charge is -2.12. The van der Waals surface area contributed by atoms with E-state index in [1.807, 2.05) is 12.1 Å². The zero-order chi connectivity index (χ0) is 11.3. The first-order valence-corrected chi connectivity index (χ1v) is 4.85. The molecule has 0 bridgehead atoms. The zero-order valence-electron chi connectivity index (χ0n) is 8.11. The Hall–Kier alpha value is -1.48. The Morgan fingerprint density at radius 1 is 1.53 bits per heavy atom. The van der Waals surface area contributed by atoms with Crippen molar-refractivity contribution in [3.8, 4) is 0 Å². The highest BCUT2D eigenvalue weighted by Gasteiger charge is 2.15. The van der Waals surface area contributed by atoms with Crippen LogP contribution in [0.25, 0.3) is 0 Å². The quantitative estimate of drug-likeness (QED) is 0.807. The maximum Gasteiger partial charge on any atom is 0.326 e. The van der Waals surface area contributed by atoms with Crippen LogP contribution in [-0.2, 0) is 11.2 Å². The molecule has 3 nitrogen and oxygen atoms in total. The molecule has 0 spiro atoms. The molecule has 1 rings (SSSR count). The summed E-state index contributed by atoms with van der Waals surface area (Å²) in [6.07, 6.45) is 1.78. The Labute approximate surface area is 93.4 Å². The molecule has 0 saturated carbocycles. The molecule has 0 aromatic heterocycles. The van der Waals surface area contributed by atoms with Crippen LogP contribution in [0, 0.1) is 0 Å². The number of hydrogen-bond donors (Lipinski definition) is 2. The van der Waals surface area contributed by atoms with Crippen molar-refractivity contribution in [1.29, 1.82) is 0 Å². The molecule has 2 N–H and O–H groups in total. The number of hydrogen-bond acceptors (Lipinski definition) is 2. The van der Waals surface area contributed by atoms with E-state index in [0.717, 1.165) is 5.56 Å². The van der Waals surface area contributed by atoms with E-state index in [9.17, 15) is 4.79 Å². The lowest BCUT2D eigenvalue weighted by Crippen LogP contribution is -2.34. The van der Waals surface area contributed by atoms with Gasteiger partial charge in [0.2, 0.25) is 0 Å². The molecule has 80 valence electrons. The van der Waals surface area contributed by atoms with Crippen LogP contribution in [0.4, 0.5) is 0 Å². The van der Waals surface area contributed by atoms with Crippen LogP contribution in [-0.4, -0.2) is 17.1 Å². The van der Waals surface area contributed by atoms with Gasteiger partial charge in [0.05, 0.1) is 0 Å². The van der Waals surface area contributed by atoms with Gasteiger partial charge in [-0.25, -0.2) is 4.79 Å². The van der Waals surface area contributed by atoms with Crippen molar-refractivity contribution in [2.24, 2.45) is 0 Å². The molecule has 0 heterocycles. The lowest BCUT2D eigenvalue weighted by atomic mass is 10.1. The van der Waals surface area contributed by atoms with Gasteiger partial charge in [0, 0.05) is 11.4 Å². The summed E-state index contributed by atoms with van der Waals surface area (Å²) in [5, 5.41) is 12.2. The van der Waals surface area contributed by atoms with Crippen LogP contribution in [0.2, 0.25) is 5.02 Å². The molecule has 0 saturated heterocycles. The van der Waals surface area contributed by atoms with Crippen LogP contribution in [0.3, 0.4) is 0 Å². The summed E-state index contributed by atoms with van der Waals surface area (Å²) in [6.45, 7) is 3.44. The molecule has 0 fully saturated rings. The molecule has 0 aliphatic carbocycles. The molecule has 4 heteroatoms. The van der Waals surface area contributed by atoms with E-state index in [-0.39, 0.29) is 0 Å². The number of nitrogens with one attached hydrogen (secondary N) is 1. The Morgan fingerprint density at radius 3 is 2.60 bits per heavy atom. The van der Waals surface area contributed by atoms with Crippen LogP contribution < -0.4 is 5.32 Å².